The van der Waals surface area contributed by atoms with E-state index in [2.05, 4.69) is 4.72 Å². The van der Waals surface area contributed by atoms with Crippen LogP contribution in [0.4, 0.5) is 10.1 Å². The van der Waals surface area contributed by atoms with Crippen molar-refractivity contribution in [3.05, 3.63) is 29.0 Å². The third-order valence-electron chi connectivity index (χ3n) is 1.65. The summed E-state index contributed by atoms with van der Waals surface area (Å²) >= 11 is 5.61. The minimum atomic E-state index is -3.71. The molecule has 1 aromatic rings. The van der Waals surface area contributed by atoms with Crippen LogP contribution in [0.5, 0.6) is 0 Å². The number of benzene rings is 1. The fraction of sp³-hybridized carbons (Fsp3) is 0.250. The summed E-state index contributed by atoms with van der Waals surface area (Å²) in [6, 6.07) is 3.64. The van der Waals surface area contributed by atoms with Crippen molar-refractivity contribution in [2.75, 3.05) is 18.8 Å². The van der Waals surface area contributed by atoms with E-state index in [1.165, 1.54) is 26.2 Å². The van der Waals surface area contributed by atoms with Gasteiger partial charge < -0.3 is 0 Å². The summed E-state index contributed by atoms with van der Waals surface area (Å²) in [4.78, 5) is 0. The van der Waals surface area contributed by atoms with E-state index in [0.717, 1.165) is 10.4 Å². The van der Waals surface area contributed by atoms with E-state index in [0.29, 0.717) is 0 Å². The van der Waals surface area contributed by atoms with Crippen molar-refractivity contribution < 1.29 is 12.8 Å². The zero-order valence-corrected chi connectivity index (χ0v) is 9.73. The first-order chi connectivity index (χ1) is 6.83. The Bertz CT molecular complexity index is 462. The zero-order chi connectivity index (χ0) is 11.6. The first-order valence-corrected chi connectivity index (χ1v) is 5.80. The number of anilines is 1. The number of nitrogens with zero attached hydrogens (tertiary/aromatic N) is 1. The van der Waals surface area contributed by atoms with Crippen molar-refractivity contribution in [3.63, 3.8) is 0 Å². The maximum absolute atomic E-state index is 13.2. The van der Waals surface area contributed by atoms with Gasteiger partial charge in [0.05, 0.1) is 5.69 Å². The lowest BCUT2D eigenvalue weighted by Gasteiger charge is -2.13. The highest BCUT2D eigenvalue weighted by molar-refractivity contribution is 7.90. The van der Waals surface area contributed by atoms with Gasteiger partial charge in [-0.2, -0.15) is 12.7 Å². The van der Waals surface area contributed by atoms with E-state index < -0.39 is 16.0 Å². The van der Waals surface area contributed by atoms with Crippen molar-refractivity contribution in [1.82, 2.24) is 4.31 Å². The van der Waals surface area contributed by atoms with E-state index in [4.69, 9.17) is 11.6 Å². The molecule has 84 valence electrons. The maximum Gasteiger partial charge on any atom is 0.301 e. The normalized spacial score (nSPS) is 11.8. The summed E-state index contributed by atoms with van der Waals surface area (Å²) in [5.74, 6) is -0.676. The standard InChI is InChI=1S/C8H10ClFN2O2S/c1-12(2)15(13,14)11-8-5-6(9)3-4-7(8)10/h3-5,11H,1-2H3. The maximum atomic E-state index is 13.2. The number of hydrogen-bond acceptors (Lipinski definition) is 2. The van der Waals surface area contributed by atoms with Gasteiger partial charge in [-0.15, -0.1) is 0 Å². The molecule has 0 heterocycles. The SMILES string of the molecule is CN(C)S(=O)(=O)Nc1cc(Cl)ccc1F. The quantitative estimate of drug-likeness (QED) is 0.890. The predicted octanol–water partition coefficient (Wildman–Crippen LogP) is 1.70. The first kappa shape index (κ1) is 12.2. The van der Waals surface area contributed by atoms with E-state index in [1.807, 2.05) is 0 Å². The molecular formula is C8H10ClFN2O2S. The van der Waals surface area contributed by atoms with E-state index in [9.17, 15) is 12.8 Å². The smallest absolute Gasteiger partial charge is 0.268 e. The number of rotatable bonds is 3. The van der Waals surface area contributed by atoms with E-state index in [1.54, 1.807) is 0 Å². The van der Waals surface area contributed by atoms with Crippen molar-refractivity contribution >= 4 is 27.5 Å². The number of halogens is 2. The second-order valence-corrected chi connectivity index (χ2v) is 5.33. The van der Waals surface area contributed by atoms with Gasteiger partial charge in [0.15, 0.2) is 0 Å². The van der Waals surface area contributed by atoms with Crippen LogP contribution in [0.25, 0.3) is 0 Å². The molecule has 0 bridgehead atoms. The molecule has 1 N–H and O–H groups in total. The number of nitrogens with one attached hydrogen (secondary N) is 1. The number of hydrogen-bond donors (Lipinski definition) is 1. The molecule has 0 aliphatic heterocycles. The molecule has 4 nitrogen and oxygen atoms in total. The minimum absolute atomic E-state index is 0.170. The van der Waals surface area contributed by atoms with Crippen LogP contribution in [0.3, 0.4) is 0 Å². The molecule has 0 aromatic heterocycles. The fourth-order valence-corrected chi connectivity index (χ4v) is 1.59. The zero-order valence-electron chi connectivity index (χ0n) is 8.16. The highest BCUT2D eigenvalue weighted by atomic mass is 35.5. The van der Waals surface area contributed by atoms with Gasteiger partial charge in [-0.25, -0.2) is 4.39 Å². The molecule has 0 aliphatic carbocycles. The fourth-order valence-electron chi connectivity index (χ4n) is 0.806. The molecule has 7 heteroatoms. The van der Waals surface area contributed by atoms with Gasteiger partial charge in [-0.3, -0.25) is 4.72 Å². The average Bonchev–Trinajstić information content (AvgIpc) is 2.10. The van der Waals surface area contributed by atoms with Gasteiger partial charge in [0.2, 0.25) is 0 Å². The Labute approximate surface area is 92.8 Å². The molecule has 0 amide bonds. The van der Waals surface area contributed by atoms with Crippen molar-refractivity contribution in [1.29, 1.82) is 0 Å². The topological polar surface area (TPSA) is 49.4 Å². The summed E-state index contributed by atoms with van der Waals surface area (Å²) in [5, 5.41) is 0.257. The molecule has 0 spiro atoms. The van der Waals surface area contributed by atoms with Gasteiger partial charge in [-0.05, 0) is 18.2 Å². The largest absolute Gasteiger partial charge is 0.301 e. The summed E-state index contributed by atoms with van der Waals surface area (Å²) in [5.41, 5.74) is -0.170. The lowest BCUT2D eigenvalue weighted by molar-refractivity contribution is 0.526. The Morgan fingerprint density at radius 1 is 1.40 bits per heavy atom. The van der Waals surface area contributed by atoms with Crippen LogP contribution in [-0.2, 0) is 10.2 Å². The van der Waals surface area contributed by atoms with Crippen molar-refractivity contribution in [3.8, 4) is 0 Å². The molecular weight excluding hydrogens is 243 g/mol. The van der Waals surface area contributed by atoms with Crippen molar-refractivity contribution in [2.24, 2.45) is 0 Å². The van der Waals surface area contributed by atoms with Crippen LogP contribution in [-0.4, -0.2) is 26.8 Å². The van der Waals surface area contributed by atoms with Crippen LogP contribution in [0, 0.1) is 5.82 Å². The Hall–Kier alpha value is -0.850. The minimum Gasteiger partial charge on any atom is -0.268 e. The monoisotopic (exact) mass is 252 g/mol. The molecule has 0 unspecified atom stereocenters. The summed E-state index contributed by atoms with van der Waals surface area (Å²) < 4.78 is 38.9. The van der Waals surface area contributed by atoms with Gasteiger partial charge in [0.1, 0.15) is 5.82 Å². The Morgan fingerprint density at radius 2 is 2.00 bits per heavy atom. The summed E-state index contributed by atoms with van der Waals surface area (Å²) in [6.45, 7) is 0. The molecule has 1 aromatic carbocycles. The van der Waals surface area contributed by atoms with Crippen LogP contribution < -0.4 is 4.72 Å². The lowest BCUT2D eigenvalue weighted by atomic mass is 10.3. The highest BCUT2D eigenvalue weighted by Crippen LogP contribution is 2.20. The van der Waals surface area contributed by atoms with Gasteiger partial charge in [0.25, 0.3) is 0 Å². The highest BCUT2D eigenvalue weighted by Gasteiger charge is 2.15. The van der Waals surface area contributed by atoms with Gasteiger partial charge in [0, 0.05) is 19.1 Å². The predicted molar refractivity (Wildman–Crippen MR) is 57.6 cm³/mol. The Balaban J connectivity index is 3.05. The molecule has 15 heavy (non-hydrogen) atoms. The van der Waals surface area contributed by atoms with Crippen LogP contribution in [0.15, 0.2) is 18.2 Å². The Kier molecular flexibility index (Phi) is 3.54. The van der Waals surface area contributed by atoms with Crippen LogP contribution in [0.2, 0.25) is 5.02 Å². The first-order valence-electron chi connectivity index (χ1n) is 3.98. The summed E-state index contributed by atoms with van der Waals surface area (Å²) in [7, 11) is -1.03. The van der Waals surface area contributed by atoms with Crippen molar-refractivity contribution in [2.45, 2.75) is 0 Å². The van der Waals surface area contributed by atoms with Crippen LogP contribution >= 0.6 is 11.6 Å². The van der Waals surface area contributed by atoms with Gasteiger partial charge in [-0.1, -0.05) is 11.6 Å². The van der Waals surface area contributed by atoms with E-state index in [-0.39, 0.29) is 10.7 Å². The average molecular weight is 253 g/mol. The van der Waals surface area contributed by atoms with Gasteiger partial charge >= 0.3 is 10.2 Å². The molecule has 0 fully saturated rings. The third kappa shape index (κ3) is 3.05. The molecule has 0 saturated carbocycles. The molecule has 0 radical (unpaired) electrons. The van der Waals surface area contributed by atoms with E-state index >= 15 is 0 Å². The second kappa shape index (κ2) is 4.34. The molecule has 1 rings (SSSR count). The summed E-state index contributed by atoms with van der Waals surface area (Å²) in [6.07, 6.45) is 0. The Morgan fingerprint density at radius 3 is 2.53 bits per heavy atom. The molecule has 0 atom stereocenters. The van der Waals surface area contributed by atoms with Crippen LogP contribution in [0.1, 0.15) is 0 Å². The second-order valence-electron chi connectivity index (χ2n) is 3.01. The lowest BCUT2D eigenvalue weighted by Crippen LogP contribution is -2.29. The molecule has 0 aliphatic rings. The molecule has 0 saturated heterocycles. The third-order valence-corrected chi connectivity index (χ3v) is 3.32.